The van der Waals surface area contributed by atoms with Gasteiger partial charge in [-0.1, -0.05) is 391 Å². The molecule has 0 N–H and O–H groups in total. The fourth-order valence-electron chi connectivity index (χ4n) is 15.6. The molecule has 0 saturated carbocycles. The Bertz CT molecular complexity index is 5450. The molecule has 0 atom stereocenters. The summed E-state index contributed by atoms with van der Waals surface area (Å²) >= 11 is 42.8. The van der Waals surface area contributed by atoms with Gasteiger partial charge in [-0.25, -0.2) is 0 Å². The second-order valence-corrected chi connectivity index (χ2v) is 44.2. The van der Waals surface area contributed by atoms with Gasteiger partial charge in [-0.2, -0.15) is 6.42 Å². The van der Waals surface area contributed by atoms with Crippen LogP contribution in [0.4, 0.5) is 0 Å². The molecule has 0 aliphatic carbocycles. The molecule has 0 radical (unpaired) electrons. The van der Waals surface area contributed by atoms with Crippen molar-refractivity contribution in [3.8, 4) is 0 Å². The van der Waals surface area contributed by atoms with E-state index >= 15 is 0 Å². The van der Waals surface area contributed by atoms with Gasteiger partial charge in [-0.05, 0) is 269 Å². The maximum Gasteiger partial charge on any atom is 2.00 e. The van der Waals surface area contributed by atoms with Crippen LogP contribution in [0, 0.1) is 27.7 Å². The van der Waals surface area contributed by atoms with Crippen LogP contribution in [0.5, 0.6) is 0 Å². The molecular formula is C117H125Br13MgO13. The molecule has 0 bridgehead atoms. The first kappa shape index (κ1) is 125. The normalized spacial score (nSPS) is 13.9. The van der Waals surface area contributed by atoms with E-state index in [0.717, 1.165) is 189 Å². The van der Waals surface area contributed by atoms with Crippen molar-refractivity contribution in [2.75, 3.05) is 71.4 Å². The molecule has 5 heterocycles. The average Bonchev–Trinajstić information content (AvgIpc) is 1.42. The van der Waals surface area contributed by atoms with Crippen LogP contribution in [0.3, 0.4) is 0 Å². The topological polar surface area (TPSA) is 144 Å². The van der Waals surface area contributed by atoms with E-state index in [4.69, 9.17) is 47.4 Å². The summed E-state index contributed by atoms with van der Waals surface area (Å²) < 4.78 is 65.2. The number of halogens is 13. The monoisotopic (exact) mass is 2790 g/mol. The van der Waals surface area contributed by atoms with Gasteiger partial charge in [0.2, 0.25) is 0 Å². The first-order valence-corrected chi connectivity index (χ1v) is 58.7. The first-order valence-electron chi connectivity index (χ1n) is 48.2. The van der Waals surface area contributed by atoms with Crippen LogP contribution in [0.2, 0.25) is 0 Å². The fraction of sp³-hybridized carbons (Fsp3) is 0.350. The van der Waals surface area contributed by atoms with E-state index in [1.165, 1.54) is 142 Å². The Kier molecular flexibility index (Phi) is 62.1. The van der Waals surface area contributed by atoms with Crippen molar-refractivity contribution in [2.45, 2.75) is 191 Å². The molecule has 5 aliphatic heterocycles. The third-order valence-corrected chi connectivity index (χ3v) is 32.2. The molecule has 12 aromatic rings. The summed E-state index contributed by atoms with van der Waals surface area (Å²) in [5, 5.41) is 2.80. The number of ether oxygens (including phenoxy) is 10. The number of hydrogen-bond acceptors (Lipinski definition) is 13. The molecule has 5 saturated heterocycles. The zero-order chi connectivity index (χ0) is 101. The molecule has 0 unspecified atom stereocenters. The Morgan fingerprint density at radius 2 is 0.458 bits per heavy atom. The van der Waals surface area contributed by atoms with E-state index in [9.17, 15) is 14.4 Å². The molecule has 13 nitrogen and oxygen atoms in total. The van der Waals surface area contributed by atoms with Crippen molar-refractivity contribution >= 4 is 233 Å². The smallest absolute Gasteiger partial charge is 1.00 e. The predicted octanol–water partition coefficient (Wildman–Crippen LogP) is 31.7. The third kappa shape index (κ3) is 45.1. The Morgan fingerprint density at radius 3 is 0.688 bits per heavy atom. The van der Waals surface area contributed by atoms with E-state index in [2.05, 4.69) is 358 Å². The van der Waals surface area contributed by atoms with Crippen LogP contribution < -0.4 is 17.0 Å². The van der Waals surface area contributed by atoms with Crippen LogP contribution in [0.25, 0.3) is 0 Å². The standard InChI is InChI=1S/C32H36Br2O4.C28H28Br2O2.C12H15BrO2.C12H15O2.C9H9BrO2.C8H6Br4.C8H8Br2.C8H8O.BrH.Mg/c33-29-22-28(8-4-2-6-24-11-15-26(16-12-24)32-37-19-20-38-32)30(34)21-27(29)7-3-1-5-23-9-13-25(14-10-23)31-35-17-18-36-31;29-27-18-26(8-4-2-6-22-11-15-24(20-32)16-12-22)28(30)17-25(27)7-3-1-5-21-9-13-23(19-31)14-10-21;13-7-1-2-10-3-5-11(6-4-10)12-14-8-9-15-12;1-2-3-10-4-6-11(7-5-10)12-13-8-9-14-12;10-8-3-1-7(2-4-8)9-11-5-6-12-9;9-3-5-1-7(11)6(4-10)2-8(5)12;1-5-3-8(10)6(2)4-7(5)9;1-7-2-4-8(6-9)5-3-7;;/h9-16,21-22,31-32H,1-8,17-20H2;9-20H,1-8H2;3-6,12H,1-2,7-9H2;4-7,12H,1-3,8-9H2;1-4,9H,5-6H2;1-2H,3-4H2;3-4H,1-2H3;2-6H,1H3;1H;/q;;;-1;;;;;;+2/p-1. The van der Waals surface area contributed by atoms with E-state index in [-0.39, 0.29) is 71.5 Å². The number of carbonyl (C=O) groups is 3. The van der Waals surface area contributed by atoms with Crippen molar-refractivity contribution in [2.24, 2.45) is 0 Å². The van der Waals surface area contributed by atoms with Crippen LogP contribution in [0.1, 0.15) is 238 Å². The van der Waals surface area contributed by atoms with E-state index < -0.39 is 0 Å². The second-order valence-electron chi connectivity index (χ2n) is 34.6. The number of alkyl halides is 3. The molecule has 17 rings (SSSR count). The number of hydrogen-bond donors (Lipinski definition) is 0. The van der Waals surface area contributed by atoms with Crippen LogP contribution >= 0.6 is 191 Å². The van der Waals surface area contributed by atoms with E-state index in [0.29, 0.717) is 66.1 Å². The minimum Gasteiger partial charge on any atom is -1.00 e. The molecule has 144 heavy (non-hydrogen) atoms. The molecule has 764 valence electrons. The van der Waals surface area contributed by atoms with Crippen molar-refractivity contribution in [1.29, 1.82) is 0 Å². The molecular weight excluding hydrogens is 2680 g/mol. The Hall–Kier alpha value is -3.74. The Labute approximate surface area is 980 Å². The SMILES string of the molecule is BrCCCc1ccc(C2OCCO2)cc1.BrCc1cc(Br)c(CBr)cc1Br.Brc1cc(CCCCc2ccc(C3OCCO3)cc2)c(Br)cc1CCCCc1ccc(C2OCCO2)cc1.Brc1ccc(C2OCCO2)cc1.Cc1cc(Br)c(C)cc1Br.Cc1ccc(C=O)cc1.O=Cc1ccc(CCCCc2cc(Br)c(CCCCc3ccc(C=O)cc3)cc2Br)cc1.[Br-].[CH2-]CCc1ccc(C2OCCO2)cc1.[Mg+2]. The summed E-state index contributed by atoms with van der Waals surface area (Å²) in [5.74, 6) is 0. The van der Waals surface area contributed by atoms with Gasteiger partial charge in [0.25, 0.3) is 0 Å². The van der Waals surface area contributed by atoms with Crippen LogP contribution in [-0.2, 0) is 122 Å². The number of unbranched alkanes of at least 4 members (excludes halogenated alkanes) is 4. The number of aldehydes is 3. The largest absolute Gasteiger partial charge is 2.00 e. The molecule has 12 aromatic carbocycles. The quantitative estimate of drug-likeness (QED) is 0.0122. The van der Waals surface area contributed by atoms with Gasteiger partial charge in [0.05, 0.1) is 66.1 Å². The van der Waals surface area contributed by atoms with E-state index in [1.54, 1.807) is 0 Å². The second kappa shape index (κ2) is 71.3. The van der Waals surface area contributed by atoms with Crippen molar-refractivity contribution < 1.29 is 78.7 Å². The van der Waals surface area contributed by atoms with Crippen molar-refractivity contribution in [1.82, 2.24) is 0 Å². The number of benzene rings is 12. The Balaban J connectivity index is 0.000000213. The minimum absolute atomic E-state index is 0. The van der Waals surface area contributed by atoms with Gasteiger partial charge < -0.3 is 71.3 Å². The van der Waals surface area contributed by atoms with Gasteiger partial charge in [0.1, 0.15) is 18.9 Å². The van der Waals surface area contributed by atoms with Crippen molar-refractivity contribution in [3.63, 3.8) is 0 Å². The van der Waals surface area contributed by atoms with Gasteiger partial charge in [-0.15, -0.1) is 0 Å². The van der Waals surface area contributed by atoms with Crippen LogP contribution in [0.15, 0.2) is 283 Å². The number of aryl methyl sites for hydroxylation is 13. The Morgan fingerprint density at radius 1 is 0.257 bits per heavy atom. The fourth-order valence-corrected chi connectivity index (χ4v) is 22.1. The molecule has 0 amide bonds. The molecule has 27 heteroatoms. The van der Waals surface area contributed by atoms with Crippen LogP contribution in [-0.4, -0.2) is 113 Å². The first-order chi connectivity index (χ1) is 69.0. The summed E-state index contributed by atoms with van der Waals surface area (Å²) in [6, 6.07) is 83.0. The summed E-state index contributed by atoms with van der Waals surface area (Å²) in [6.07, 6.45) is 23.7. The molecule has 0 aromatic heterocycles. The summed E-state index contributed by atoms with van der Waals surface area (Å²) in [5.41, 5.74) is 27.4. The zero-order valence-corrected chi connectivity index (χ0v) is 104. The minimum atomic E-state index is -0.187. The van der Waals surface area contributed by atoms with Gasteiger partial charge >= 0.3 is 23.1 Å². The van der Waals surface area contributed by atoms with Gasteiger partial charge in [-0.3, -0.25) is 14.4 Å². The molecule has 5 aliphatic rings. The average molecular weight is 2800 g/mol. The summed E-state index contributed by atoms with van der Waals surface area (Å²) in [4.78, 5) is 31.6. The number of rotatable bonds is 35. The van der Waals surface area contributed by atoms with Crippen molar-refractivity contribution in [3.05, 3.63) is 418 Å². The summed E-state index contributed by atoms with van der Waals surface area (Å²) in [7, 11) is 0. The third-order valence-electron chi connectivity index (χ3n) is 23.8. The van der Waals surface area contributed by atoms with Gasteiger partial charge in [0, 0.05) is 101 Å². The maximum absolute atomic E-state index is 10.8. The maximum atomic E-state index is 10.8. The van der Waals surface area contributed by atoms with Gasteiger partial charge in [0.15, 0.2) is 31.5 Å². The predicted molar refractivity (Wildman–Crippen MR) is 624 cm³/mol. The van der Waals surface area contributed by atoms with E-state index in [1.807, 2.05) is 104 Å². The zero-order valence-electron chi connectivity index (χ0n) is 81.7. The molecule has 5 fully saturated rings. The number of carbonyl (C=O) groups excluding carboxylic acids is 3. The molecule has 0 spiro atoms. The summed E-state index contributed by atoms with van der Waals surface area (Å²) in [6.45, 7) is 16.9.